The number of nitrogens with one attached hydrogen (secondary N) is 2. The van der Waals surface area contributed by atoms with Crippen molar-refractivity contribution in [2.45, 2.75) is 45.6 Å². The molecule has 0 saturated heterocycles. The van der Waals surface area contributed by atoms with Gasteiger partial charge in [-0.25, -0.2) is 4.79 Å². The van der Waals surface area contributed by atoms with Crippen molar-refractivity contribution in [3.63, 3.8) is 0 Å². The fraction of sp³-hybridized carbons (Fsp3) is 0.846. The zero-order chi connectivity index (χ0) is 14.3. The quantitative estimate of drug-likeness (QED) is 0.582. The highest BCUT2D eigenvalue weighted by atomic mass is 16.5. The Hall–Kier alpha value is -1.30. The average molecular weight is 272 g/mol. The maximum atomic E-state index is 11.5. The van der Waals surface area contributed by atoms with Crippen LogP contribution in [-0.2, 0) is 9.53 Å². The van der Waals surface area contributed by atoms with E-state index < -0.39 is 5.97 Å². The van der Waals surface area contributed by atoms with Crippen molar-refractivity contribution in [2.24, 2.45) is 5.41 Å². The van der Waals surface area contributed by atoms with Crippen LogP contribution < -0.4 is 10.6 Å². The highest BCUT2D eigenvalue weighted by molar-refractivity contribution is 5.74. The molecule has 2 amide bonds. The second-order valence-corrected chi connectivity index (χ2v) is 5.45. The SMILES string of the molecule is CC(C)OCCNC(=O)NCC1(CC(=O)O)CCC1. The number of ether oxygens (including phenoxy) is 1. The molecule has 0 aliphatic heterocycles. The van der Waals surface area contributed by atoms with Gasteiger partial charge in [0.1, 0.15) is 0 Å². The van der Waals surface area contributed by atoms with Crippen molar-refractivity contribution in [1.29, 1.82) is 0 Å². The van der Waals surface area contributed by atoms with E-state index in [1.807, 2.05) is 13.8 Å². The lowest BCUT2D eigenvalue weighted by Gasteiger charge is -2.40. The van der Waals surface area contributed by atoms with Gasteiger partial charge in [0, 0.05) is 13.1 Å². The Balaban J connectivity index is 2.16. The number of hydrogen-bond donors (Lipinski definition) is 3. The number of urea groups is 1. The van der Waals surface area contributed by atoms with E-state index in [2.05, 4.69) is 10.6 Å². The third kappa shape index (κ3) is 5.92. The first-order valence-electron chi connectivity index (χ1n) is 6.79. The van der Waals surface area contributed by atoms with Crippen molar-refractivity contribution < 1.29 is 19.4 Å². The number of carbonyl (C=O) groups excluding carboxylic acids is 1. The van der Waals surface area contributed by atoms with E-state index >= 15 is 0 Å². The normalized spacial score (nSPS) is 16.8. The van der Waals surface area contributed by atoms with Crippen LogP contribution >= 0.6 is 0 Å². The van der Waals surface area contributed by atoms with E-state index in [1.165, 1.54) is 0 Å². The standard InChI is InChI=1S/C13H24N2O4/c1-10(2)19-7-6-14-12(18)15-9-13(4-3-5-13)8-11(16)17/h10H,3-9H2,1-2H3,(H,16,17)(H2,14,15,18). The van der Waals surface area contributed by atoms with Crippen LogP contribution in [-0.4, -0.2) is 42.9 Å². The topological polar surface area (TPSA) is 87.7 Å². The molecule has 1 rings (SSSR count). The maximum absolute atomic E-state index is 11.5. The zero-order valence-corrected chi connectivity index (χ0v) is 11.7. The Morgan fingerprint density at radius 2 is 2.00 bits per heavy atom. The molecule has 1 saturated carbocycles. The van der Waals surface area contributed by atoms with Gasteiger partial charge in [0.15, 0.2) is 0 Å². The van der Waals surface area contributed by atoms with Crippen LogP contribution in [0.15, 0.2) is 0 Å². The lowest BCUT2D eigenvalue weighted by molar-refractivity contribution is -0.141. The third-order valence-corrected chi connectivity index (χ3v) is 3.40. The fourth-order valence-corrected chi connectivity index (χ4v) is 2.20. The van der Waals surface area contributed by atoms with E-state index in [-0.39, 0.29) is 24.0 Å². The monoisotopic (exact) mass is 272 g/mol. The Kier molecular flexibility index (Phi) is 6.08. The van der Waals surface area contributed by atoms with Crippen LogP contribution in [0.25, 0.3) is 0 Å². The molecular weight excluding hydrogens is 248 g/mol. The first-order chi connectivity index (χ1) is 8.93. The second kappa shape index (κ2) is 7.33. The molecule has 0 unspecified atom stereocenters. The molecule has 0 heterocycles. The van der Waals surface area contributed by atoms with Crippen LogP contribution in [0.4, 0.5) is 4.79 Å². The minimum atomic E-state index is -0.799. The van der Waals surface area contributed by atoms with Crippen molar-refractivity contribution in [3.8, 4) is 0 Å². The van der Waals surface area contributed by atoms with Crippen LogP contribution in [0.1, 0.15) is 39.5 Å². The van der Waals surface area contributed by atoms with Crippen molar-refractivity contribution in [3.05, 3.63) is 0 Å². The lowest BCUT2D eigenvalue weighted by Crippen LogP contribution is -2.47. The first-order valence-corrected chi connectivity index (χ1v) is 6.79. The molecule has 110 valence electrons. The predicted molar refractivity (Wildman–Crippen MR) is 71.0 cm³/mol. The Labute approximate surface area is 113 Å². The summed E-state index contributed by atoms with van der Waals surface area (Å²) < 4.78 is 5.30. The van der Waals surface area contributed by atoms with E-state index in [0.29, 0.717) is 19.7 Å². The molecule has 0 spiro atoms. The van der Waals surface area contributed by atoms with Crippen LogP contribution in [0.3, 0.4) is 0 Å². The summed E-state index contributed by atoms with van der Waals surface area (Å²) in [6, 6.07) is -0.260. The van der Waals surface area contributed by atoms with E-state index in [0.717, 1.165) is 19.3 Å². The smallest absolute Gasteiger partial charge is 0.314 e. The Morgan fingerprint density at radius 1 is 1.32 bits per heavy atom. The Morgan fingerprint density at radius 3 is 2.47 bits per heavy atom. The van der Waals surface area contributed by atoms with E-state index in [1.54, 1.807) is 0 Å². The number of hydrogen-bond acceptors (Lipinski definition) is 3. The summed E-state index contributed by atoms with van der Waals surface area (Å²) in [4.78, 5) is 22.3. The Bertz CT molecular complexity index is 314. The summed E-state index contributed by atoms with van der Waals surface area (Å²) >= 11 is 0. The van der Waals surface area contributed by atoms with Crippen molar-refractivity contribution in [2.75, 3.05) is 19.7 Å². The molecular formula is C13H24N2O4. The molecule has 0 aromatic heterocycles. The summed E-state index contributed by atoms with van der Waals surface area (Å²) in [7, 11) is 0. The van der Waals surface area contributed by atoms with Crippen LogP contribution in [0, 0.1) is 5.41 Å². The molecule has 3 N–H and O–H groups in total. The zero-order valence-electron chi connectivity index (χ0n) is 11.7. The van der Waals surface area contributed by atoms with Gasteiger partial charge in [-0.05, 0) is 32.1 Å². The number of rotatable bonds is 8. The van der Waals surface area contributed by atoms with Gasteiger partial charge >= 0.3 is 12.0 Å². The highest BCUT2D eigenvalue weighted by Crippen LogP contribution is 2.43. The maximum Gasteiger partial charge on any atom is 0.314 e. The van der Waals surface area contributed by atoms with E-state index in [9.17, 15) is 9.59 Å². The van der Waals surface area contributed by atoms with Gasteiger partial charge < -0.3 is 20.5 Å². The molecule has 0 atom stereocenters. The largest absolute Gasteiger partial charge is 0.481 e. The van der Waals surface area contributed by atoms with Crippen molar-refractivity contribution in [1.82, 2.24) is 10.6 Å². The van der Waals surface area contributed by atoms with Crippen molar-refractivity contribution >= 4 is 12.0 Å². The molecule has 19 heavy (non-hydrogen) atoms. The summed E-state index contributed by atoms with van der Waals surface area (Å²) in [6.07, 6.45) is 3.06. The van der Waals surface area contributed by atoms with Gasteiger partial charge in [0.25, 0.3) is 0 Å². The van der Waals surface area contributed by atoms with Gasteiger partial charge in [-0.1, -0.05) is 6.42 Å². The summed E-state index contributed by atoms with van der Waals surface area (Å²) in [6.45, 7) is 5.23. The number of amides is 2. The molecule has 0 radical (unpaired) electrons. The molecule has 0 bridgehead atoms. The molecule has 6 heteroatoms. The van der Waals surface area contributed by atoms with Crippen LogP contribution in [0.2, 0.25) is 0 Å². The van der Waals surface area contributed by atoms with Gasteiger partial charge in [-0.3, -0.25) is 4.79 Å². The highest BCUT2D eigenvalue weighted by Gasteiger charge is 2.39. The minimum Gasteiger partial charge on any atom is -0.481 e. The van der Waals surface area contributed by atoms with E-state index in [4.69, 9.17) is 9.84 Å². The second-order valence-electron chi connectivity index (χ2n) is 5.45. The van der Waals surface area contributed by atoms with Gasteiger partial charge in [0.2, 0.25) is 0 Å². The molecule has 6 nitrogen and oxygen atoms in total. The molecule has 1 aliphatic rings. The lowest BCUT2D eigenvalue weighted by atomic mass is 9.66. The third-order valence-electron chi connectivity index (χ3n) is 3.40. The first kappa shape index (κ1) is 15.8. The van der Waals surface area contributed by atoms with Gasteiger partial charge in [-0.2, -0.15) is 0 Å². The van der Waals surface area contributed by atoms with Crippen LogP contribution in [0.5, 0.6) is 0 Å². The van der Waals surface area contributed by atoms with Gasteiger partial charge in [-0.15, -0.1) is 0 Å². The minimum absolute atomic E-state index is 0.129. The number of aliphatic carboxylic acids is 1. The predicted octanol–water partition coefficient (Wildman–Crippen LogP) is 1.36. The number of carboxylic acid groups (broad SMARTS) is 1. The molecule has 0 aromatic rings. The molecule has 1 fully saturated rings. The molecule has 1 aliphatic carbocycles. The summed E-state index contributed by atoms with van der Waals surface area (Å²) in [5.41, 5.74) is -0.238. The summed E-state index contributed by atoms with van der Waals surface area (Å²) in [5, 5.41) is 14.3. The fourth-order valence-electron chi connectivity index (χ4n) is 2.20. The number of carboxylic acids is 1. The molecule has 0 aromatic carbocycles. The summed E-state index contributed by atoms with van der Waals surface area (Å²) in [5.74, 6) is -0.799. The average Bonchev–Trinajstić information content (AvgIpc) is 2.27. The number of carbonyl (C=O) groups is 2. The van der Waals surface area contributed by atoms with Gasteiger partial charge in [0.05, 0.1) is 19.1 Å².